The Kier molecular flexibility index (Phi) is 5.35. The number of hydrogen-bond donors (Lipinski definition) is 1. The molecule has 2 aliphatic rings. The lowest BCUT2D eigenvalue weighted by atomic mass is 9.73. The highest BCUT2D eigenvalue weighted by atomic mass is 16.2. The molecule has 152 valence electrons. The molecule has 29 heavy (non-hydrogen) atoms. The summed E-state index contributed by atoms with van der Waals surface area (Å²) >= 11 is 0. The average molecular weight is 393 g/mol. The molecule has 0 bridgehead atoms. The molecule has 2 heterocycles. The van der Waals surface area contributed by atoms with E-state index in [4.69, 9.17) is 0 Å². The van der Waals surface area contributed by atoms with Crippen LogP contribution in [0.3, 0.4) is 0 Å². The van der Waals surface area contributed by atoms with E-state index in [1.54, 1.807) is 12.4 Å². The van der Waals surface area contributed by atoms with Crippen molar-refractivity contribution in [1.29, 1.82) is 0 Å². The maximum atomic E-state index is 12.7. The smallest absolute Gasteiger partial charge is 0.274 e. The summed E-state index contributed by atoms with van der Waals surface area (Å²) in [4.78, 5) is 35.2. The summed E-state index contributed by atoms with van der Waals surface area (Å²) in [6.07, 6.45) is 7.99. The molecular formula is C23H28N4O2. The summed E-state index contributed by atoms with van der Waals surface area (Å²) in [5.41, 5.74) is 3.13. The number of carbonyl (C=O) groups is 2. The van der Waals surface area contributed by atoms with Gasteiger partial charge < -0.3 is 10.2 Å². The van der Waals surface area contributed by atoms with E-state index in [0.29, 0.717) is 25.2 Å². The Balaban J connectivity index is 1.49. The molecule has 6 nitrogen and oxygen atoms in total. The van der Waals surface area contributed by atoms with E-state index in [1.165, 1.54) is 17.3 Å². The standard InChI is InChI=1S/C23H28N4O2/c1-16(2)26-21(28)13-17-14-23(19-6-4-3-5-18(17)19)7-11-27(12-8-23)22(29)20-15-24-9-10-25-20/h3-6,9-10,15-17H,7-8,11-14H2,1-2H3,(H,26,28)/t17-/m1/s1. The number of amides is 2. The molecule has 1 spiro atoms. The fourth-order valence-electron chi connectivity index (χ4n) is 5.00. The number of nitrogens with one attached hydrogen (secondary N) is 1. The molecule has 2 aromatic rings. The fraction of sp³-hybridized carbons (Fsp3) is 0.478. The van der Waals surface area contributed by atoms with Gasteiger partial charge in [-0.2, -0.15) is 0 Å². The first-order valence-corrected chi connectivity index (χ1v) is 10.4. The van der Waals surface area contributed by atoms with Crippen molar-refractivity contribution in [3.8, 4) is 0 Å². The summed E-state index contributed by atoms with van der Waals surface area (Å²) in [5.74, 6) is 0.311. The molecule has 1 N–H and O–H groups in total. The minimum Gasteiger partial charge on any atom is -0.354 e. The molecule has 1 aliphatic carbocycles. The summed E-state index contributed by atoms with van der Waals surface area (Å²) in [6.45, 7) is 5.39. The van der Waals surface area contributed by atoms with Gasteiger partial charge in [-0.3, -0.25) is 14.6 Å². The molecule has 1 aliphatic heterocycles. The zero-order valence-corrected chi connectivity index (χ0v) is 17.1. The first kappa shape index (κ1) is 19.6. The second-order valence-corrected chi connectivity index (χ2v) is 8.58. The second-order valence-electron chi connectivity index (χ2n) is 8.58. The van der Waals surface area contributed by atoms with Crippen LogP contribution in [0.2, 0.25) is 0 Å². The number of carbonyl (C=O) groups excluding carboxylic acids is 2. The molecule has 1 saturated heterocycles. The Morgan fingerprint density at radius 2 is 1.97 bits per heavy atom. The van der Waals surface area contributed by atoms with Gasteiger partial charge in [0.25, 0.3) is 5.91 Å². The van der Waals surface area contributed by atoms with Crippen molar-refractivity contribution < 1.29 is 9.59 Å². The quantitative estimate of drug-likeness (QED) is 0.868. The van der Waals surface area contributed by atoms with E-state index < -0.39 is 0 Å². The van der Waals surface area contributed by atoms with Crippen molar-refractivity contribution in [1.82, 2.24) is 20.2 Å². The molecule has 4 rings (SSSR count). The van der Waals surface area contributed by atoms with Gasteiger partial charge >= 0.3 is 0 Å². The minimum absolute atomic E-state index is 0.0490. The summed E-state index contributed by atoms with van der Waals surface area (Å²) in [7, 11) is 0. The number of likely N-dealkylation sites (tertiary alicyclic amines) is 1. The molecular weight excluding hydrogens is 364 g/mol. The van der Waals surface area contributed by atoms with Gasteiger partial charge in [-0.25, -0.2) is 4.98 Å². The first-order valence-electron chi connectivity index (χ1n) is 10.4. The molecule has 0 unspecified atom stereocenters. The van der Waals surface area contributed by atoms with Crippen LogP contribution in [0.4, 0.5) is 0 Å². The Labute approximate surface area is 171 Å². The number of benzene rings is 1. The monoisotopic (exact) mass is 392 g/mol. The van der Waals surface area contributed by atoms with Crippen LogP contribution in [0, 0.1) is 0 Å². The van der Waals surface area contributed by atoms with Gasteiger partial charge in [-0.05, 0) is 55.6 Å². The van der Waals surface area contributed by atoms with Crippen molar-refractivity contribution in [2.75, 3.05) is 13.1 Å². The lowest BCUT2D eigenvalue weighted by Crippen LogP contribution is -2.44. The van der Waals surface area contributed by atoms with E-state index in [9.17, 15) is 9.59 Å². The van der Waals surface area contributed by atoms with Crippen LogP contribution < -0.4 is 5.32 Å². The van der Waals surface area contributed by atoms with Crippen LogP contribution in [-0.4, -0.2) is 45.8 Å². The van der Waals surface area contributed by atoms with Crippen molar-refractivity contribution in [2.24, 2.45) is 0 Å². The molecule has 1 aromatic heterocycles. The number of aromatic nitrogens is 2. The number of rotatable bonds is 4. The third-order valence-corrected chi connectivity index (χ3v) is 6.28. The maximum absolute atomic E-state index is 12.7. The Bertz CT molecular complexity index is 889. The average Bonchev–Trinajstić information content (AvgIpc) is 3.01. The van der Waals surface area contributed by atoms with Crippen LogP contribution in [0.5, 0.6) is 0 Å². The fourth-order valence-corrected chi connectivity index (χ4v) is 5.00. The van der Waals surface area contributed by atoms with Gasteiger partial charge in [0.1, 0.15) is 5.69 Å². The molecule has 0 saturated carbocycles. The van der Waals surface area contributed by atoms with Gasteiger partial charge in [-0.1, -0.05) is 24.3 Å². The Morgan fingerprint density at radius 3 is 2.66 bits per heavy atom. The van der Waals surface area contributed by atoms with Crippen LogP contribution >= 0.6 is 0 Å². The molecule has 1 atom stereocenters. The number of fused-ring (bicyclic) bond motifs is 2. The van der Waals surface area contributed by atoms with Crippen LogP contribution in [0.15, 0.2) is 42.9 Å². The van der Waals surface area contributed by atoms with Gasteiger partial charge in [0.05, 0.1) is 6.20 Å². The molecule has 6 heteroatoms. The first-order chi connectivity index (χ1) is 14.0. The highest BCUT2D eigenvalue weighted by Gasteiger charge is 2.46. The van der Waals surface area contributed by atoms with E-state index in [2.05, 4.69) is 39.6 Å². The van der Waals surface area contributed by atoms with Crippen molar-refractivity contribution in [3.05, 3.63) is 59.7 Å². The van der Waals surface area contributed by atoms with Crippen molar-refractivity contribution in [2.45, 2.75) is 56.9 Å². The lowest BCUT2D eigenvalue weighted by molar-refractivity contribution is -0.122. The predicted molar refractivity (Wildman–Crippen MR) is 111 cm³/mol. The van der Waals surface area contributed by atoms with Crippen molar-refractivity contribution >= 4 is 11.8 Å². The van der Waals surface area contributed by atoms with Gasteiger partial charge in [-0.15, -0.1) is 0 Å². The summed E-state index contributed by atoms with van der Waals surface area (Å²) in [6, 6.07) is 8.71. The minimum atomic E-state index is -0.0490. The maximum Gasteiger partial charge on any atom is 0.274 e. The molecule has 0 radical (unpaired) electrons. The van der Waals surface area contributed by atoms with Gasteiger partial charge in [0, 0.05) is 37.9 Å². The van der Waals surface area contributed by atoms with Crippen LogP contribution in [0.1, 0.15) is 67.1 Å². The predicted octanol–water partition coefficient (Wildman–Crippen LogP) is 3.05. The van der Waals surface area contributed by atoms with Crippen LogP contribution in [0.25, 0.3) is 0 Å². The van der Waals surface area contributed by atoms with Gasteiger partial charge in [0.2, 0.25) is 5.91 Å². The van der Waals surface area contributed by atoms with Crippen molar-refractivity contribution in [3.63, 3.8) is 0 Å². The highest BCUT2D eigenvalue weighted by molar-refractivity contribution is 5.92. The number of nitrogens with zero attached hydrogens (tertiary/aromatic N) is 3. The Morgan fingerprint density at radius 1 is 1.21 bits per heavy atom. The van der Waals surface area contributed by atoms with E-state index in [1.807, 2.05) is 18.7 Å². The van der Waals surface area contributed by atoms with E-state index >= 15 is 0 Å². The topological polar surface area (TPSA) is 75.2 Å². The van der Waals surface area contributed by atoms with E-state index in [-0.39, 0.29) is 29.2 Å². The third kappa shape index (κ3) is 3.88. The summed E-state index contributed by atoms with van der Waals surface area (Å²) in [5, 5.41) is 3.03. The SMILES string of the molecule is CC(C)NC(=O)C[C@@H]1CC2(CCN(C(=O)c3cnccn3)CC2)c2ccccc21. The molecule has 1 fully saturated rings. The van der Waals surface area contributed by atoms with Gasteiger partial charge in [0.15, 0.2) is 0 Å². The summed E-state index contributed by atoms with van der Waals surface area (Å²) < 4.78 is 0. The third-order valence-electron chi connectivity index (χ3n) is 6.28. The second kappa shape index (κ2) is 7.93. The molecule has 2 amide bonds. The Hall–Kier alpha value is -2.76. The zero-order valence-electron chi connectivity index (χ0n) is 17.1. The number of hydrogen-bond acceptors (Lipinski definition) is 4. The highest BCUT2D eigenvalue weighted by Crippen LogP contribution is 2.52. The largest absolute Gasteiger partial charge is 0.354 e. The zero-order chi connectivity index (χ0) is 20.4. The lowest BCUT2D eigenvalue weighted by Gasteiger charge is -2.40. The normalized spacial score (nSPS) is 20.0. The molecule has 1 aromatic carbocycles. The van der Waals surface area contributed by atoms with Crippen LogP contribution in [-0.2, 0) is 10.2 Å². The van der Waals surface area contributed by atoms with E-state index in [0.717, 1.165) is 19.3 Å². The number of piperidine rings is 1.